The topological polar surface area (TPSA) is 127 Å². The molecule has 1 fully saturated rings. The Morgan fingerprint density at radius 1 is 0.938 bits per heavy atom. The van der Waals surface area contributed by atoms with Gasteiger partial charge in [0.2, 0.25) is 0 Å². The smallest absolute Gasteiger partial charge is 0.303 e. The van der Waals surface area contributed by atoms with Crippen molar-refractivity contribution in [3.05, 3.63) is 36.1 Å². The fourth-order valence-electron chi connectivity index (χ4n) is 3.05. The predicted molar refractivity (Wildman–Crippen MR) is 114 cm³/mol. The van der Waals surface area contributed by atoms with Crippen molar-refractivity contribution in [2.24, 2.45) is 0 Å². The summed E-state index contributed by atoms with van der Waals surface area (Å²) in [6.07, 6.45) is 3.21. The molecule has 0 radical (unpaired) electrons. The molecule has 0 amide bonds. The highest BCUT2D eigenvalue weighted by atomic mass is 35.5. The average molecular weight is 482 g/mol. The number of hydrogen-bond acceptors (Lipinski definition) is 11. The fourth-order valence-corrected chi connectivity index (χ4v) is 4.41. The third kappa shape index (κ3) is 6.07. The minimum absolute atomic E-state index is 0.0823. The molecule has 4 atom stereocenters. The van der Waals surface area contributed by atoms with Gasteiger partial charge in [-0.05, 0) is 6.07 Å². The summed E-state index contributed by atoms with van der Waals surface area (Å²) in [5, 5.41) is 0.0823. The molecule has 3 rings (SSSR count). The van der Waals surface area contributed by atoms with Crippen LogP contribution in [0.15, 0.2) is 31.0 Å². The number of carbonyl (C=O) groups is 3. The Labute approximate surface area is 193 Å². The van der Waals surface area contributed by atoms with Crippen molar-refractivity contribution in [3.63, 3.8) is 0 Å². The second-order valence-electron chi connectivity index (χ2n) is 6.76. The third-order valence-electron chi connectivity index (χ3n) is 4.25. The number of rotatable bonds is 6. The maximum Gasteiger partial charge on any atom is 0.303 e. The molecule has 170 valence electrons. The molecule has 10 nitrogen and oxygen atoms in total. The van der Waals surface area contributed by atoms with Crippen LogP contribution in [0.1, 0.15) is 20.8 Å². The largest absolute Gasteiger partial charge is 0.472 e. The Balaban J connectivity index is 1.91. The van der Waals surface area contributed by atoms with Crippen molar-refractivity contribution >= 4 is 41.3 Å². The minimum atomic E-state index is -1.07. The van der Waals surface area contributed by atoms with Gasteiger partial charge in [-0.3, -0.25) is 14.4 Å². The molecule has 0 bridgehead atoms. The summed E-state index contributed by atoms with van der Waals surface area (Å²) in [5.41, 5.74) is 0.530. The highest BCUT2D eigenvalue weighted by Gasteiger charge is 2.47. The number of halogens is 1. The highest BCUT2D eigenvalue weighted by molar-refractivity contribution is 7.99. The van der Waals surface area contributed by atoms with Gasteiger partial charge in [0.05, 0.1) is 0 Å². The first-order valence-corrected chi connectivity index (χ1v) is 10.9. The van der Waals surface area contributed by atoms with Gasteiger partial charge in [-0.1, -0.05) is 11.6 Å². The number of thioether (sulfide) groups is 1. The minimum Gasteiger partial charge on any atom is -0.472 e. The Morgan fingerprint density at radius 2 is 1.56 bits per heavy atom. The zero-order valence-electron chi connectivity index (χ0n) is 17.4. The van der Waals surface area contributed by atoms with Crippen LogP contribution in [0.5, 0.6) is 5.75 Å². The lowest BCUT2D eigenvalue weighted by Gasteiger charge is -2.39. The van der Waals surface area contributed by atoms with Crippen LogP contribution in [0.3, 0.4) is 0 Å². The summed E-state index contributed by atoms with van der Waals surface area (Å²) in [6, 6.07) is 1.65. The first kappa shape index (κ1) is 23.7. The summed E-state index contributed by atoms with van der Waals surface area (Å²) in [5.74, 6) is -1.35. The molecule has 32 heavy (non-hydrogen) atoms. The first-order chi connectivity index (χ1) is 15.2. The van der Waals surface area contributed by atoms with Crippen molar-refractivity contribution in [2.45, 2.75) is 44.5 Å². The molecule has 0 spiro atoms. The van der Waals surface area contributed by atoms with E-state index in [1.165, 1.54) is 38.9 Å². The summed E-state index contributed by atoms with van der Waals surface area (Å²) in [4.78, 5) is 47.1. The quantitative estimate of drug-likeness (QED) is 0.343. The maximum absolute atomic E-state index is 11.8. The van der Waals surface area contributed by atoms with Gasteiger partial charge in [-0.15, -0.1) is 11.8 Å². The van der Waals surface area contributed by atoms with Gasteiger partial charge in [0, 0.05) is 56.2 Å². The molecule has 3 heterocycles. The molecular formula is C20H20ClN3O7S. The number of hydrogen-bond donors (Lipinski definition) is 0. The van der Waals surface area contributed by atoms with Gasteiger partial charge in [-0.2, -0.15) is 0 Å². The van der Waals surface area contributed by atoms with E-state index in [-0.39, 0.29) is 16.7 Å². The summed E-state index contributed by atoms with van der Waals surface area (Å²) < 4.78 is 22.1. The molecular weight excluding hydrogens is 462 g/mol. The molecule has 12 heteroatoms. The summed E-state index contributed by atoms with van der Waals surface area (Å²) >= 11 is 7.46. The van der Waals surface area contributed by atoms with Gasteiger partial charge >= 0.3 is 17.9 Å². The summed E-state index contributed by atoms with van der Waals surface area (Å²) in [6.45, 7) is 3.66. The van der Waals surface area contributed by atoms with Gasteiger partial charge in [0.15, 0.2) is 34.7 Å². The van der Waals surface area contributed by atoms with E-state index in [1.807, 2.05) is 0 Å². The van der Waals surface area contributed by atoms with E-state index in [1.54, 1.807) is 24.7 Å². The molecule has 2 aromatic heterocycles. The van der Waals surface area contributed by atoms with Crippen LogP contribution in [-0.2, 0) is 28.6 Å². The second-order valence-corrected chi connectivity index (χ2v) is 8.24. The van der Waals surface area contributed by atoms with Gasteiger partial charge in [-0.25, -0.2) is 15.0 Å². The number of esters is 3. The van der Waals surface area contributed by atoms with Crippen LogP contribution in [-0.4, -0.2) is 62.4 Å². The standard InChI is InChI=1S/C20H20ClN3O7S/c1-10(25)28-16-8-32-20(18(30-12(3)27)17(16)29-11(2)26)31-15-4-13(7-24-19(15)21)14-5-22-9-23-6-14/h4-7,9,16-18,20H,8H2,1-3H3/t16-,17+,18-,20-/m1/s1. The fraction of sp³-hybridized carbons (Fsp3) is 0.400. The molecule has 0 aromatic carbocycles. The van der Waals surface area contributed by atoms with Crippen LogP contribution < -0.4 is 4.74 Å². The number of pyridine rings is 1. The Hall–Kier alpha value is -2.92. The number of nitrogens with zero attached hydrogens (tertiary/aromatic N) is 3. The Kier molecular flexibility index (Phi) is 7.86. The molecule has 0 N–H and O–H groups in total. The number of aromatic nitrogens is 3. The zero-order valence-corrected chi connectivity index (χ0v) is 19.0. The molecule has 1 aliphatic rings. The Bertz CT molecular complexity index is 994. The lowest BCUT2D eigenvalue weighted by atomic mass is 10.1. The number of ether oxygens (including phenoxy) is 4. The summed E-state index contributed by atoms with van der Waals surface area (Å²) in [7, 11) is 0. The third-order valence-corrected chi connectivity index (χ3v) is 5.75. The van der Waals surface area contributed by atoms with E-state index in [0.717, 1.165) is 0 Å². The second kappa shape index (κ2) is 10.6. The van der Waals surface area contributed by atoms with Crippen molar-refractivity contribution < 1.29 is 33.3 Å². The van der Waals surface area contributed by atoms with Crippen LogP contribution in [0.25, 0.3) is 11.1 Å². The van der Waals surface area contributed by atoms with E-state index in [9.17, 15) is 14.4 Å². The van der Waals surface area contributed by atoms with E-state index >= 15 is 0 Å². The lowest BCUT2D eigenvalue weighted by Crippen LogP contribution is -2.55. The molecule has 2 aromatic rings. The predicted octanol–water partition coefficient (Wildman–Crippen LogP) is 2.44. The van der Waals surface area contributed by atoms with Crippen molar-refractivity contribution in [1.29, 1.82) is 0 Å². The van der Waals surface area contributed by atoms with Crippen molar-refractivity contribution in [2.75, 3.05) is 5.75 Å². The van der Waals surface area contributed by atoms with Crippen molar-refractivity contribution in [3.8, 4) is 16.9 Å². The average Bonchev–Trinajstić information content (AvgIpc) is 2.73. The molecule has 1 saturated heterocycles. The van der Waals surface area contributed by atoms with E-state index in [2.05, 4.69) is 15.0 Å². The van der Waals surface area contributed by atoms with Crippen LogP contribution in [0.2, 0.25) is 5.15 Å². The zero-order chi connectivity index (χ0) is 23.3. The molecule has 0 saturated carbocycles. The lowest BCUT2D eigenvalue weighted by molar-refractivity contribution is -0.186. The maximum atomic E-state index is 11.8. The highest BCUT2D eigenvalue weighted by Crippen LogP contribution is 2.37. The SMILES string of the molecule is CC(=O)O[C@@H]1[C@@H](OC(C)=O)[C@H](OC(C)=O)CS[C@H]1Oc1cc(-c2cncnc2)cnc1Cl. The van der Waals surface area contributed by atoms with Gasteiger partial charge < -0.3 is 18.9 Å². The van der Waals surface area contributed by atoms with Gasteiger partial charge in [0.25, 0.3) is 0 Å². The number of carbonyl (C=O) groups excluding carboxylic acids is 3. The first-order valence-electron chi connectivity index (χ1n) is 9.45. The Morgan fingerprint density at radius 3 is 2.19 bits per heavy atom. The molecule has 0 unspecified atom stereocenters. The van der Waals surface area contributed by atoms with Crippen LogP contribution in [0, 0.1) is 0 Å². The van der Waals surface area contributed by atoms with Crippen LogP contribution >= 0.6 is 23.4 Å². The van der Waals surface area contributed by atoms with Crippen LogP contribution in [0.4, 0.5) is 0 Å². The van der Waals surface area contributed by atoms with E-state index in [0.29, 0.717) is 11.1 Å². The molecule has 0 aliphatic carbocycles. The van der Waals surface area contributed by atoms with Crippen molar-refractivity contribution in [1.82, 2.24) is 15.0 Å². The van der Waals surface area contributed by atoms with Gasteiger partial charge in [0.1, 0.15) is 6.33 Å². The monoisotopic (exact) mass is 481 g/mol. The van der Waals surface area contributed by atoms with E-state index < -0.39 is 41.7 Å². The normalized spacial score (nSPS) is 22.5. The molecule has 1 aliphatic heterocycles. The van der Waals surface area contributed by atoms with E-state index in [4.69, 9.17) is 30.5 Å².